The smallest absolute Gasteiger partial charge is 0.387 e. The highest BCUT2D eigenvalue weighted by atomic mass is 79.9. The molecule has 1 aromatic rings. The molecule has 0 spiro atoms. The molecule has 0 saturated carbocycles. The van der Waals surface area contributed by atoms with E-state index in [1.165, 1.54) is 6.07 Å². The molecule has 1 rings (SSSR count). The fraction of sp³-hybridized carbons (Fsp3) is 0.417. The number of hydrogen-bond donors (Lipinski definition) is 0. The van der Waals surface area contributed by atoms with Gasteiger partial charge in [0.05, 0.1) is 13.0 Å². The fourth-order valence-electron chi connectivity index (χ4n) is 1.47. The van der Waals surface area contributed by atoms with Crippen molar-refractivity contribution in [2.75, 3.05) is 6.61 Å². The first-order valence-corrected chi connectivity index (χ1v) is 6.57. The molecule has 19 heavy (non-hydrogen) atoms. The Morgan fingerprint density at radius 3 is 2.63 bits per heavy atom. The zero-order valence-electron chi connectivity index (χ0n) is 10.1. The molecule has 0 heterocycles. The topological polar surface area (TPSA) is 35.5 Å². The van der Waals surface area contributed by atoms with Crippen molar-refractivity contribution in [1.29, 1.82) is 0 Å². The largest absolute Gasteiger partial charge is 0.466 e. The molecule has 0 saturated heterocycles. The Bertz CT molecular complexity index is 452. The van der Waals surface area contributed by atoms with Gasteiger partial charge >= 0.3 is 12.6 Å². The predicted octanol–water partition coefficient (Wildman–Crippen LogP) is 3.43. The van der Waals surface area contributed by atoms with Crippen LogP contribution in [0.25, 0.3) is 0 Å². The van der Waals surface area contributed by atoms with Crippen LogP contribution in [0.1, 0.15) is 18.1 Å². The maximum atomic E-state index is 13.9. The molecule has 7 heteroatoms. The molecule has 0 atom stereocenters. The van der Waals surface area contributed by atoms with Gasteiger partial charge in [-0.3, -0.25) is 4.79 Å². The van der Waals surface area contributed by atoms with E-state index in [0.717, 1.165) is 6.07 Å². The summed E-state index contributed by atoms with van der Waals surface area (Å²) in [5.41, 5.74) is 0.488. The maximum absolute atomic E-state index is 13.9. The zero-order chi connectivity index (χ0) is 14.4. The molecule has 3 nitrogen and oxygen atoms in total. The normalized spacial score (nSPS) is 10.6. The molecule has 0 aliphatic rings. The van der Waals surface area contributed by atoms with Crippen molar-refractivity contribution < 1.29 is 27.4 Å². The summed E-state index contributed by atoms with van der Waals surface area (Å²) in [6, 6.07) is 2.56. The average molecular weight is 341 g/mol. The van der Waals surface area contributed by atoms with Crippen LogP contribution in [0.5, 0.6) is 5.75 Å². The van der Waals surface area contributed by atoms with Gasteiger partial charge in [-0.1, -0.05) is 22.0 Å². The van der Waals surface area contributed by atoms with Crippen LogP contribution in [-0.2, 0) is 21.3 Å². The third-order valence-electron chi connectivity index (χ3n) is 2.18. The number of carbonyl (C=O) groups is 1. The van der Waals surface area contributed by atoms with Crippen molar-refractivity contribution in [3.05, 3.63) is 29.1 Å². The quantitative estimate of drug-likeness (QED) is 0.588. The van der Waals surface area contributed by atoms with Crippen molar-refractivity contribution in [2.24, 2.45) is 0 Å². The van der Waals surface area contributed by atoms with E-state index in [0.29, 0.717) is 10.9 Å². The van der Waals surface area contributed by atoms with Crippen LogP contribution in [-0.4, -0.2) is 19.2 Å². The molecule has 0 N–H and O–H groups in total. The molecule has 0 unspecified atom stereocenters. The van der Waals surface area contributed by atoms with E-state index in [4.69, 9.17) is 0 Å². The lowest BCUT2D eigenvalue weighted by Gasteiger charge is -2.11. The summed E-state index contributed by atoms with van der Waals surface area (Å²) in [7, 11) is 0. The van der Waals surface area contributed by atoms with E-state index >= 15 is 0 Å². The summed E-state index contributed by atoms with van der Waals surface area (Å²) in [4.78, 5) is 11.3. The zero-order valence-corrected chi connectivity index (χ0v) is 11.7. The van der Waals surface area contributed by atoms with Gasteiger partial charge in [0.1, 0.15) is 0 Å². The number of halogens is 4. The third-order valence-corrected chi connectivity index (χ3v) is 2.83. The molecule has 0 aliphatic carbocycles. The van der Waals surface area contributed by atoms with Crippen molar-refractivity contribution in [1.82, 2.24) is 0 Å². The lowest BCUT2D eigenvalue weighted by molar-refractivity contribution is -0.142. The first-order chi connectivity index (χ1) is 8.97. The molecular formula is C12H12BrF3O3. The monoisotopic (exact) mass is 340 g/mol. The molecule has 1 aromatic carbocycles. The molecule has 0 aliphatic heterocycles. The molecule has 0 fully saturated rings. The Labute approximate surface area is 116 Å². The standard InChI is InChI=1S/C12H12BrF3O3/c1-2-18-10(17)5-8-3-7(6-13)4-9(11(8)14)19-12(15)16/h3-4,12H,2,5-6H2,1H3. The highest BCUT2D eigenvalue weighted by Crippen LogP contribution is 2.26. The van der Waals surface area contributed by atoms with Gasteiger partial charge in [-0.15, -0.1) is 0 Å². The second-order valence-electron chi connectivity index (χ2n) is 3.56. The maximum Gasteiger partial charge on any atom is 0.387 e. The summed E-state index contributed by atoms with van der Waals surface area (Å²) in [6.45, 7) is -1.34. The molecule has 0 radical (unpaired) electrons. The third kappa shape index (κ3) is 4.74. The van der Waals surface area contributed by atoms with Crippen LogP contribution < -0.4 is 4.74 Å². The van der Waals surface area contributed by atoms with Gasteiger partial charge in [0.25, 0.3) is 0 Å². The molecular weight excluding hydrogens is 329 g/mol. The molecule has 0 aromatic heterocycles. The number of rotatable bonds is 6. The molecule has 106 valence electrons. The van der Waals surface area contributed by atoms with Gasteiger partial charge in [0.15, 0.2) is 11.6 Å². The second kappa shape index (κ2) is 7.37. The highest BCUT2D eigenvalue weighted by molar-refractivity contribution is 9.08. The number of ether oxygens (including phenoxy) is 2. The Balaban J connectivity index is 3.04. The van der Waals surface area contributed by atoms with Crippen molar-refractivity contribution in [3.8, 4) is 5.75 Å². The van der Waals surface area contributed by atoms with Crippen molar-refractivity contribution >= 4 is 21.9 Å². The minimum absolute atomic E-state index is 0.0361. The van der Waals surface area contributed by atoms with Gasteiger partial charge in [-0.25, -0.2) is 4.39 Å². The lowest BCUT2D eigenvalue weighted by Crippen LogP contribution is -2.11. The first-order valence-electron chi connectivity index (χ1n) is 5.45. The van der Waals surface area contributed by atoms with Crippen molar-refractivity contribution in [3.63, 3.8) is 0 Å². The van der Waals surface area contributed by atoms with Crippen LogP contribution in [0.2, 0.25) is 0 Å². The van der Waals surface area contributed by atoms with Gasteiger partial charge < -0.3 is 9.47 Å². The van der Waals surface area contributed by atoms with Crippen molar-refractivity contribution in [2.45, 2.75) is 25.3 Å². The summed E-state index contributed by atoms with van der Waals surface area (Å²) < 4.78 is 47.0. The van der Waals surface area contributed by atoms with Crippen LogP contribution in [0.4, 0.5) is 13.2 Å². The van der Waals surface area contributed by atoms with E-state index in [9.17, 15) is 18.0 Å². The summed E-state index contributed by atoms with van der Waals surface area (Å²) in [6.07, 6.45) is -0.333. The number of esters is 1. The van der Waals surface area contributed by atoms with Gasteiger partial charge in [-0.2, -0.15) is 8.78 Å². The van der Waals surface area contributed by atoms with Gasteiger partial charge in [-0.05, 0) is 18.6 Å². The lowest BCUT2D eigenvalue weighted by atomic mass is 10.1. The Morgan fingerprint density at radius 2 is 2.11 bits per heavy atom. The fourth-order valence-corrected chi connectivity index (χ4v) is 1.80. The number of carbonyl (C=O) groups excluding carboxylic acids is 1. The second-order valence-corrected chi connectivity index (χ2v) is 4.12. The van der Waals surface area contributed by atoms with E-state index < -0.39 is 24.1 Å². The summed E-state index contributed by atoms with van der Waals surface area (Å²) in [5.74, 6) is -2.18. The van der Waals surface area contributed by atoms with Gasteiger partial charge in [0, 0.05) is 10.9 Å². The predicted molar refractivity (Wildman–Crippen MR) is 66.0 cm³/mol. The molecule has 0 bridgehead atoms. The number of alkyl halides is 3. The molecule has 0 amide bonds. The number of hydrogen-bond acceptors (Lipinski definition) is 3. The Kier molecular flexibility index (Phi) is 6.14. The van der Waals surface area contributed by atoms with Gasteiger partial charge in [0.2, 0.25) is 0 Å². The summed E-state index contributed by atoms with van der Waals surface area (Å²) >= 11 is 3.13. The Morgan fingerprint density at radius 1 is 1.42 bits per heavy atom. The number of benzene rings is 1. The average Bonchev–Trinajstić information content (AvgIpc) is 2.33. The van der Waals surface area contributed by atoms with Crippen LogP contribution in [0.3, 0.4) is 0 Å². The van der Waals surface area contributed by atoms with Crippen LogP contribution in [0.15, 0.2) is 12.1 Å². The van der Waals surface area contributed by atoms with E-state index in [-0.39, 0.29) is 18.6 Å². The first kappa shape index (κ1) is 15.8. The van der Waals surface area contributed by atoms with Crippen LogP contribution in [0, 0.1) is 5.82 Å². The van der Waals surface area contributed by atoms with Crippen LogP contribution >= 0.6 is 15.9 Å². The van der Waals surface area contributed by atoms with E-state index in [1.807, 2.05) is 0 Å². The van der Waals surface area contributed by atoms with E-state index in [1.54, 1.807) is 6.92 Å². The minimum atomic E-state index is -3.13. The summed E-state index contributed by atoms with van der Waals surface area (Å²) in [5, 5.41) is 0.322. The van der Waals surface area contributed by atoms with E-state index in [2.05, 4.69) is 25.4 Å². The minimum Gasteiger partial charge on any atom is -0.466 e. The SMILES string of the molecule is CCOC(=O)Cc1cc(CBr)cc(OC(F)F)c1F. The Hall–Kier alpha value is -1.24. The highest BCUT2D eigenvalue weighted by Gasteiger charge is 2.17.